The van der Waals surface area contributed by atoms with Crippen LogP contribution >= 0.6 is 0 Å². The van der Waals surface area contributed by atoms with Gasteiger partial charge in [0, 0.05) is 72.1 Å². The number of piperidine rings is 3. The number of nitrogens with two attached hydrogens (primary N) is 1. The molecule has 0 radical (unpaired) electrons. The molecular weight excluding hydrogens is 1330 g/mol. The number of methoxy groups -OCH3 is 3. The summed E-state index contributed by atoms with van der Waals surface area (Å²) in [5.41, 5.74) is 16.4. The molecule has 3 saturated heterocycles. The van der Waals surface area contributed by atoms with Crippen LogP contribution in [0.3, 0.4) is 0 Å². The van der Waals surface area contributed by atoms with Crippen molar-refractivity contribution >= 4 is 53.8 Å². The zero-order valence-electron chi connectivity index (χ0n) is 61.6. The number of hydrogen-bond donors (Lipinski definition) is 1. The number of nitrogen functional groups attached to an aromatic ring is 1. The van der Waals surface area contributed by atoms with Gasteiger partial charge in [0.15, 0.2) is 0 Å². The lowest BCUT2D eigenvalue weighted by Gasteiger charge is -2.29. The van der Waals surface area contributed by atoms with E-state index < -0.39 is 30.1 Å². The molecule has 0 aromatic heterocycles. The highest BCUT2D eigenvalue weighted by atomic mass is 32.2. The van der Waals surface area contributed by atoms with Crippen molar-refractivity contribution in [1.82, 2.24) is 27.6 Å². The highest BCUT2D eigenvalue weighted by molar-refractivity contribution is 7.89. The van der Waals surface area contributed by atoms with Crippen LogP contribution in [0.15, 0.2) is 124 Å². The topological polar surface area (TPSA) is 236 Å². The molecule has 3 aliphatic heterocycles. The van der Waals surface area contributed by atoms with Gasteiger partial charge in [-0.05, 0) is 268 Å². The van der Waals surface area contributed by atoms with Crippen LogP contribution in [0.1, 0.15) is 130 Å². The summed E-state index contributed by atoms with van der Waals surface area (Å²) in [5, 5.41) is 0. The first-order valence-corrected chi connectivity index (χ1v) is 38.7. The molecule has 6 aromatic carbocycles. The molecule has 0 bridgehead atoms. The predicted octanol–water partition coefficient (Wildman–Crippen LogP) is 11.1. The number of rotatable bonds is 26. The highest BCUT2D eigenvalue weighted by Gasteiger charge is 2.30. The number of ether oxygens (including phenoxy) is 4. The third kappa shape index (κ3) is 23.2. The van der Waals surface area contributed by atoms with Crippen LogP contribution in [0.5, 0.6) is 17.2 Å². The van der Waals surface area contributed by atoms with Crippen molar-refractivity contribution in [2.45, 2.75) is 138 Å². The Kier molecular flexibility index (Phi) is 31.3. The van der Waals surface area contributed by atoms with Gasteiger partial charge in [-0.3, -0.25) is 14.4 Å². The summed E-state index contributed by atoms with van der Waals surface area (Å²) in [4.78, 5) is 43.2. The zero-order chi connectivity index (χ0) is 73.6. The number of likely N-dealkylation sites (N-methyl/N-ethyl adjacent to an activating group) is 1. The minimum atomic E-state index is -3.69. The first-order chi connectivity index (χ1) is 47.3. The van der Waals surface area contributed by atoms with Crippen LogP contribution in [-0.2, 0) is 62.0 Å². The number of nitrogens with zero attached hydrogens (tertiary/aromatic N) is 6. The van der Waals surface area contributed by atoms with E-state index in [9.17, 15) is 39.6 Å². The molecule has 0 amide bonds. The maximum Gasteiger partial charge on any atom is 0.293 e. The van der Waals surface area contributed by atoms with E-state index in [4.69, 9.17) is 19.9 Å². The first-order valence-electron chi connectivity index (χ1n) is 34.3. The monoisotopic (exact) mass is 1440 g/mol. The van der Waals surface area contributed by atoms with Gasteiger partial charge in [-0.15, -0.1) is 0 Å². The summed E-state index contributed by atoms with van der Waals surface area (Å²) in [6, 6.07) is 35.3. The molecule has 0 unspecified atom stereocenters. The molecule has 0 spiro atoms. The SMILES string of the molecule is CN1CCC(c2ccc(N)cc2)CC1.COc1cc(C)c(S(=O)(=O)N(C)CCC(=O)Cc2ccc(C3CCN(C)CC3)cc2)c(C)c1.COc1cc(C)c(S(=O)(=O)N(C)CCC(=O)Cc2ccc(C3CCN(C)CC3)cc2)c(C)c1.COc1cc(C)c(S(=O)(=O)N(C)CCOC=O)c(C)c1. The van der Waals surface area contributed by atoms with Gasteiger partial charge in [-0.1, -0.05) is 60.7 Å². The fourth-order valence-electron chi connectivity index (χ4n) is 13.2. The molecule has 548 valence electrons. The lowest BCUT2D eigenvalue weighted by molar-refractivity contribution is -0.128. The fourth-order valence-corrected chi connectivity index (χ4v) is 17.9. The second-order valence-corrected chi connectivity index (χ2v) is 33.0. The lowest BCUT2D eigenvalue weighted by Crippen LogP contribution is -2.31. The van der Waals surface area contributed by atoms with Gasteiger partial charge in [0.2, 0.25) is 30.1 Å². The summed E-state index contributed by atoms with van der Waals surface area (Å²) in [7, 11) is 4.66. The number of hydrogen-bond acceptors (Lipinski definition) is 17. The van der Waals surface area contributed by atoms with Gasteiger partial charge in [-0.2, -0.15) is 4.31 Å². The van der Waals surface area contributed by atoms with Crippen LogP contribution < -0.4 is 19.9 Å². The summed E-state index contributed by atoms with van der Waals surface area (Å²) >= 11 is 0. The molecule has 0 aliphatic carbocycles. The number of aryl methyl sites for hydroxylation is 6. The summed E-state index contributed by atoms with van der Waals surface area (Å²) in [6.07, 6.45) is 8.24. The second kappa shape index (κ2) is 38.3. The molecule has 3 aliphatic rings. The lowest BCUT2D eigenvalue weighted by atomic mass is 9.89. The predicted molar refractivity (Wildman–Crippen MR) is 398 cm³/mol. The maximum atomic E-state index is 13.1. The van der Waals surface area contributed by atoms with Crippen molar-refractivity contribution in [2.24, 2.45) is 0 Å². The van der Waals surface area contributed by atoms with Crippen LogP contribution in [-0.4, -0.2) is 200 Å². The number of benzene rings is 6. The van der Waals surface area contributed by atoms with Crippen molar-refractivity contribution in [3.05, 3.63) is 170 Å². The number of ketones is 2. The molecule has 6 aromatic rings. The normalized spacial score (nSPS) is 15.4. The van der Waals surface area contributed by atoms with E-state index in [2.05, 4.69) is 77.0 Å². The Hall–Kier alpha value is -7.06. The molecule has 100 heavy (non-hydrogen) atoms. The minimum absolute atomic E-state index is 0.0213. The standard InChI is InChI=1S/2C26H36N2O4S.C13H19NO5S.C12H18N2/c2*1-19-16-25(32-5)17-20(2)26(19)33(30,31)28(4)15-12-24(29)18-21-6-8-22(9-7-21)23-10-13-27(3)14-11-23;1-10-7-12(18-4)8-11(2)13(10)20(16,17)14(3)5-6-19-9-15;1-14-8-6-11(7-9-14)10-2-4-12(13)5-3-10/h2*6-9,16-17,23H,10-15,18H2,1-5H3;7-9H,5-6H2,1-4H3;2-5,11H,6-9,13H2,1H3. The molecule has 0 saturated carbocycles. The molecule has 3 heterocycles. The van der Waals surface area contributed by atoms with E-state index in [0.29, 0.717) is 81.8 Å². The number of sulfonamides is 3. The number of anilines is 1. The van der Waals surface area contributed by atoms with Crippen LogP contribution in [0.25, 0.3) is 0 Å². The van der Waals surface area contributed by atoms with E-state index in [1.54, 1.807) is 92.2 Å². The van der Waals surface area contributed by atoms with Gasteiger partial charge in [0.25, 0.3) is 6.47 Å². The Labute approximate surface area is 597 Å². The van der Waals surface area contributed by atoms with E-state index in [1.807, 2.05) is 36.4 Å². The Morgan fingerprint density at radius 2 is 0.690 bits per heavy atom. The van der Waals surface area contributed by atoms with Crippen molar-refractivity contribution in [1.29, 1.82) is 0 Å². The second-order valence-electron chi connectivity index (χ2n) is 27.0. The van der Waals surface area contributed by atoms with Gasteiger partial charge in [-0.25, -0.2) is 33.9 Å². The van der Waals surface area contributed by atoms with Crippen LogP contribution in [0.4, 0.5) is 5.69 Å². The fraction of sp³-hybridized carbons (Fsp3) is 0.494. The minimum Gasteiger partial charge on any atom is -0.497 e. The van der Waals surface area contributed by atoms with E-state index >= 15 is 0 Å². The smallest absolute Gasteiger partial charge is 0.293 e. The summed E-state index contributed by atoms with van der Waals surface area (Å²) in [6.45, 7) is 18.1. The number of carbonyl (C=O) groups is 3. The molecule has 2 N–H and O–H groups in total. The number of Topliss-reactive ketones (excluding diaryl/α,β-unsaturated/α-hetero) is 2. The quantitative estimate of drug-likeness (QED) is 0.0302. The maximum absolute atomic E-state index is 13.1. The first kappa shape index (κ1) is 81.9. The number of carbonyl (C=O) groups excluding carboxylic acids is 3. The molecule has 20 nitrogen and oxygen atoms in total. The van der Waals surface area contributed by atoms with Crippen LogP contribution in [0, 0.1) is 41.5 Å². The largest absolute Gasteiger partial charge is 0.497 e. The van der Waals surface area contributed by atoms with Gasteiger partial charge in [0.1, 0.15) is 35.4 Å². The highest BCUT2D eigenvalue weighted by Crippen LogP contribution is 2.34. The third-order valence-corrected chi connectivity index (χ3v) is 25.8. The van der Waals surface area contributed by atoms with E-state index in [1.165, 1.54) is 105 Å². The Bertz CT molecular complexity index is 3760. The molecule has 23 heteroatoms. The van der Waals surface area contributed by atoms with Crippen molar-refractivity contribution in [3.8, 4) is 17.2 Å². The number of likely N-dealkylation sites (tertiary alicyclic amines) is 3. The Morgan fingerprint density at radius 3 is 0.940 bits per heavy atom. The van der Waals surface area contributed by atoms with Crippen molar-refractivity contribution < 1.29 is 58.6 Å². The van der Waals surface area contributed by atoms with Gasteiger partial charge in [0.05, 0.1) is 36.0 Å². The van der Waals surface area contributed by atoms with Crippen molar-refractivity contribution in [3.63, 3.8) is 0 Å². The average molecular weight is 1440 g/mol. The Morgan fingerprint density at radius 1 is 0.440 bits per heavy atom. The molecular formula is C77H109N7O13S3. The average Bonchev–Trinajstić information content (AvgIpc) is 0.797. The summed E-state index contributed by atoms with van der Waals surface area (Å²) in [5.74, 6) is 3.87. The van der Waals surface area contributed by atoms with Gasteiger partial charge >= 0.3 is 0 Å². The van der Waals surface area contributed by atoms with Crippen molar-refractivity contribution in [2.75, 3.05) is 135 Å². The van der Waals surface area contributed by atoms with E-state index in [0.717, 1.165) is 53.2 Å². The Balaban J connectivity index is 0.000000220. The van der Waals surface area contributed by atoms with Gasteiger partial charge < -0.3 is 39.4 Å². The molecule has 9 rings (SSSR count). The molecule has 3 fully saturated rings. The van der Waals surface area contributed by atoms with E-state index in [-0.39, 0.29) is 65.3 Å². The summed E-state index contributed by atoms with van der Waals surface area (Å²) < 4.78 is 101. The molecule has 0 atom stereocenters. The third-order valence-electron chi connectivity index (χ3n) is 19.3. The zero-order valence-corrected chi connectivity index (χ0v) is 64.1. The van der Waals surface area contributed by atoms with Crippen LogP contribution in [0.2, 0.25) is 0 Å².